The Labute approximate surface area is 204 Å². The smallest absolute Gasteiger partial charge is 0.413 e. The second-order valence-electron chi connectivity index (χ2n) is 9.48. The number of carbonyl (C=O) groups excluding carboxylic acids is 3. The Morgan fingerprint density at radius 1 is 1.18 bits per heavy atom. The van der Waals surface area contributed by atoms with Crippen LogP contribution in [0.1, 0.15) is 40.5 Å². The van der Waals surface area contributed by atoms with Crippen LogP contribution in [0, 0.1) is 11.8 Å². The molecule has 6 unspecified atom stereocenters. The summed E-state index contributed by atoms with van der Waals surface area (Å²) in [6.45, 7) is 10.2. The molecule has 3 fully saturated rings. The van der Waals surface area contributed by atoms with Crippen LogP contribution in [0.2, 0.25) is 0 Å². The summed E-state index contributed by atoms with van der Waals surface area (Å²) in [6.07, 6.45) is 0.827. The van der Waals surface area contributed by atoms with Crippen molar-refractivity contribution in [2.45, 2.75) is 68.3 Å². The standard InChI is InChI=1S/C21H37N5O5S2/c1-5-30-20(29)26-15(27)13-6-7-32-17(13)25-16(28)19-24-14-8-12(10-23-18(14)33-19)9-22-11-31-21(2,3)4/h12-14,17-19,22-24H,5-11H2,1-4H3,(H,25,28)(H,26,27,29). The van der Waals surface area contributed by atoms with Crippen molar-refractivity contribution < 1.29 is 23.9 Å². The van der Waals surface area contributed by atoms with Crippen molar-refractivity contribution in [3.05, 3.63) is 0 Å². The zero-order valence-corrected chi connectivity index (χ0v) is 21.4. The van der Waals surface area contributed by atoms with Gasteiger partial charge in [-0.05, 0) is 52.2 Å². The van der Waals surface area contributed by atoms with Gasteiger partial charge < -0.3 is 20.1 Å². The van der Waals surface area contributed by atoms with Crippen molar-refractivity contribution in [1.82, 2.24) is 26.6 Å². The molecule has 6 atom stereocenters. The van der Waals surface area contributed by atoms with Crippen molar-refractivity contribution >= 4 is 41.4 Å². The average Bonchev–Trinajstić information content (AvgIpc) is 3.37. The van der Waals surface area contributed by atoms with Gasteiger partial charge in [0, 0.05) is 19.1 Å². The van der Waals surface area contributed by atoms with E-state index >= 15 is 0 Å². The highest BCUT2D eigenvalue weighted by Gasteiger charge is 2.43. The van der Waals surface area contributed by atoms with E-state index in [2.05, 4.69) is 26.6 Å². The Kier molecular flexibility index (Phi) is 9.72. The quantitative estimate of drug-likeness (QED) is 0.239. The van der Waals surface area contributed by atoms with Crippen LogP contribution >= 0.6 is 23.5 Å². The highest BCUT2D eigenvalue weighted by molar-refractivity contribution is 8.01. The third kappa shape index (κ3) is 8.00. The Bertz CT molecular complexity index is 707. The fourth-order valence-electron chi connectivity index (χ4n) is 4.07. The van der Waals surface area contributed by atoms with Gasteiger partial charge in [-0.15, -0.1) is 23.5 Å². The fourth-order valence-corrected chi connectivity index (χ4v) is 6.72. The Morgan fingerprint density at radius 2 is 1.97 bits per heavy atom. The first-order valence-electron chi connectivity index (χ1n) is 11.6. The lowest BCUT2D eigenvalue weighted by Crippen LogP contribution is -2.52. The minimum atomic E-state index is -0.748. The number of ether oxygens (including phenoxy) is 2. The van der Waals surface area contributed by atoms with Gasteiger partial charge in [0.1, 0.15) is 5.37 Å². The topological polar surface area (TPSA) is 130 Å². The maximum Gasteiger partial charge on any atom is 0.413 e. The summed E-state index contributed by atoms with van der Waals surface area (Å²) in [5, 5.41) is 15.1. The molecule has 10 nitrogen and oxygen atoms in total. The monoisotopic (exact) mass is 503 g/mol. The van der Waals surface area contributed by atoms with Crippen LogP contribution in [0.3, 0.4) is 0 Å². The number of carbonyl (C=O) groups is 3. The van der Waals surface area contributed by atoms with E-state index in [1.165, 1.54) is 11.8 Å². The van der Waals surface area contributed by atoms with Crippen LogP contribution in [-0.4, -0.2) is 77.9 Å². The first kappa shape index (κ1) is 26.6. The third-order valence-corrected chi connectivity index (χ3v) is 8.39. The number of alkyl carbamates (subject to hydrolysis) is 1. The van der Waals surface area contributed by atoms with Crippen LogP contribution in [0.5, 0.6) is 0 Å². The number of hydrogen-bond donors (Lipinski definition) is 5. The van der Waals surface area contributed by atoms with E-state index in [1.54, 1.807) is 18.7 Å². The third-order valence-electron chi connectivity index (χ3n) is 5.70. The Morgan fingerprint density at radius 3 is 2.70 bits per heavy atom. The predicted molar refractivity (Wildman–Crippen MR) is 130 cm³/mol. The van der Waals surface area contributed by atoms with E-state index in [9.17, 15) is 14.4 Å². The molecule has 3 amide bonds. The minimum Gasteiger partial charge on any atom is -0.450 e. The average molecular weight is 504 g/mol. The number of fused-ring (bicyclic) bond motifs is 1. The molecule has 0 spiro atoms. The molecule has 3 saturated heterocycles. The lowest BCUT2D eigenvalue weighted by molar-refractivity contribution is -0.125. The summed E-state index contributed by atoms with van der Waals surface area (Å²) in [6, 6.07) is 0.203. The summed E-state index contributed by atoms with van der Waals surface area (Å²) in [7, 11) is 0. The van der Waals surface area contributed by atoms with Gasteiger partial charge in [-0.25, -0.2) is 4.79 Å². The molecule has 0 bridgehead atoms. The number of hydrogen-bond acceptors (Lipinski definition) is 10. The lowest BCUT2D eigenvalue weighted by atomic mass is 9.95. The minimum absolute atomic E-state index is 0.127. The fraction of sp³-hybridized carbons (Fsp3) is 0.857. The van der Waals surface area contributed by atoms with E-state index in [0.717, 1.165) is 25.3 Å². The SMILES string of the molecule is CCOC(=O)NC(=O)C1CCSC1NC(=O)C1NC2CC(CNCOC(C)(C)C)CNC2S1. The number of piperidine rings is 1. The number of nitrogens with one attached hydrogen (secondary N) is 5. The number of imide groups is 1. The molecule has 0 saturated carbocycles. The maximum absolute atomic E-state index is 12.9. The highest BCUT2D eigenvalue weighted by Crippen LogP contribution is 2.34. The van der Waals surface area contributed by atoms with Gasteiger partial charge >= 0.3 is 6.09 Å². The largest absolute Gasteiger partial charge is 0.450 e. The molecule has 0 radical (unpaired) electrons. The first-order valence-corrected chi connectivity index (χ1v) is 13.5. The molecular formula is C21H37N5O5S2. The van der Waals surface area contributed by atoms with E-state index in [1.807, 2.05) is 20.8 Å². The molecule has 3 heterocycles. The normalized spacial score (nSPS) is 31.6. The molecule has 3 aliphatic heterocycles. The molecule has 0 aliphatic carbocycles. The van der Waals surface area contributed by atoms with Crippen molar-refractivity contribution in [2.24, 2.45) is 11.8 Å². The zero-order valence-electron chi connectivity index (χ0n) is 19.8. The van der Waals surface area contributed by atoms with Crippen molar-refractivity contribution in [3.8, 4) is 0 Å². The second-order valence-corrected chi connectivity index (χ2v) is 12.0. The Balaban J connectivity index is 1.43. The van der Waals surface area contributed by atoms with Crippen LogP contribution < -0.4 is 26.6 Å². The summed E-state index contributed by atoms with van der Waals surface area (Å²) in [5.74, 6) is 0.207. The summed E-state index contributed by atoms with van der Waals surface area (Å²) >= 11 is 3.11. The van der Waals surface area contributed by atoms with Crippen molar-refractivity contribution in [2.75, 3.05) is 32.2 Å². The molecule has 3 rings (SSSR count). The zero-order chi connectivity index (χ0) is 24.0. The van der Waals surface area contributed by atoms with Crippen molar-refractivity contribution in [1.29, 1.82) is 0 Å². The van der Waals surface area contributed by atoms with E-state index in [0.29, 0.717) is 19.1 Å². The van der Waals surface area contributed by atoms with Crippen LogP contribution in [-0.2, 0) is 19.1 Å². The lowest BCUT2D eigenvalue weighted by Gasteiger charge is -2.32. The van der Waals surface area contributed by atoms with Gasteiger partial charge in [-0.2, -0.15) is 0 Å². The molecule has 188 valence electrons. The first-order chi connectivity index (χ1) is 15.7. The van der Waals surface area contributed by atoms with Crippen LogP contribution in [0.4, 0.5) is 4.79 Å². The van der Waals surface area contributed by atoms with E-state index < -0.39 is 17.9 Å². The second kappa shape index (κ2) is 12.1. The van der Waals surface area contributed by atoms with Crippen LogP contribution in [0.15, 0.2) is 0 Å². The molecule has 0 aromatic heterocycles. The summed E-state index contributed by atoms with van der Waals surface area (Å²) in [5.41, 5.74) is -0.163. The molecule has 0 aromatic carbocycles. The number of thioether (sulfide) groups is 2. The van der Waals surface area contributed by atoms with E-state index in [-0.39, 0.29) is 40.3 Å². The van der Waals surface area contributed by atoms with Gasteiger partial charge in [0.25, 0.3) is 0 Å². The van der Waals surface area contributed by atoms with Gasteiger partial charge in [0.15, 0.2) is 0 Å². The van der Waals surface area contributed by atoms with Gasteiger partial charge in [-0.1, -0.05) is 0 Å². The molecule has 33 heavy (non-hydrogen) atoms. The van der Waals surface area contributed by atoms with Gasteiger partial charge in [-0.3, -0.25) is 25.5 Å². The maximum atomic E-state index is 12.9. The Hall–Kier alpha value is -1.05. The molecule has 12 heteroatoms. The predicted octanol–water partition coefficient (Wildman–Crippen LogP) is 0.783. The molecule has 3 aliphatic rings. The van der Waals surface area contributed by atoms with Crippen LogP contribution in [0.25, 0.3) is 0 Å². The molecule has 5 N–H and O–H groups in total. The number of amides is 3. The number of rotatable bonds is 8. The molecule has 0 aromatic rings. The summed E-state index contributed by atoms with van der Waals surface area (Å²) in [4.78, 5) is 36.9. The van der Waals surface area contributed by atoms with Crippen molar-refractivity contribution in [3.63, 3.8) is 0 Å². The van der Waals surface area contributed by atoms with E-state index in [4.69, 9.17) is 9.47 Å². The van der Waals surface area contributed by atoms with Gasteiger partial charge in [0.2, 0.25) is 11.8 Å². The summed E-state index contributed by atoms with van der Waals surface area (Å²) < 4.78 is 10.5. The van der Waals surface area contributed by atoms with Gasteiger partial charge in [0.05, 0.1) is 35.6 Å². The molecular weight excluding hydrogens is 466 g/mol. The highest BCUT2D eigenvalue weighted by atomic mass is 32.2.